The van der Waals surface area contributed by atoms with Gasteiger partial charge in [-0.05, 0) is 59.8 Å². The van der Waals surface area contributed by atoms with Crippen molar-refractivity contribution in [2.75, 3.05) is 5.73 Å². The fraction of sp³-hybridized carbons (Fsp3) is 0.538. The molecule has 4 nitrogen and oxygen atoms in total. The van der Waals surface area contributed by atoms with Crippen molar-refractivity contribution in [1.82, 2.24) is 4.72 Å². The number of aryl methyl sites for hydroxylation is 1. The Morgan fingerprint density at radius 2 is 1.89 bits per heavy atom. The topological polar surface area (TPSA) is 72.2 Å². The van der Waals surface area contributed by atoms with Crippen LogP contribution in [0.1, 0.15) is 32.8 Å². The van der Waals surface area contributed by atoms with E-state index < -0.39 is 10.0 Å². The van der Waals surface area contributed by atoms with Crippen LogP contribution in [0.3, 0.4) is 0 Å². The first-order valence-electron chi connectivity index (χ1n) is 6.21. The third-order valence-corrected chi connectivity index (χ3v) is 5.18. The summed E-state index contributed by atoms with van der Waals surface area (Å²) in [6, 6.07) is 3.11. The fourth-order valence-corrected chi connectivity index (χ4v) is 4.02. The number of nitrogen functional groups attached to an aromatic ring is 1. The molecule has 0 aliphatic rings. The van der Waals surface area contributed by atoms with E-state index in [1.165, 1.54) is 6.07 Å². The second-order valence-electron chi connectivity index (χ2n) is 5.29. The third kappa shape index (κ3) is 4.47. The summed E-state index contributed by atoms with van der Waals surface area (Å²) in [5, 5.41) is 0. The van der Waals surface area contributed by atoms with Gasteiger partial charge in [0, 0.05) is 16.2 Å². The van der Waals surface area contributed by atoms with Crippen molar-refractivity contribution >= 4 is 31.6 Å². The van der Waals surface area contributed by atoms with Crippen LogP contribution in [-0.2, 0) is 10.0 Å². The Bertz CT molecular complexity index is 556. The van der Waals surface area contributed by atoms with E-state index in [1.54, 1.807) is 13.0 Å². The Balaban J connectivity index is 3.04. The van der Waals surface area contributed by atoms with E-state index >= 15 is 0 Å². The number of anilines is 1. The Morgan fingerprint density at radius 3 is 2.42 bits per heavy atom. The minimum Gasteiger partial charge on any atom is -0.398 e. The number of sulfonamides is 1. The maximum atomic E-state index is 12.3. The highest BCUT2D eigenvalue weighted by Crippen LogP contribution is 2.26. The molecule has 0 heterocycles. The lowest BCUT2D eigenvalue weighted by atomic mass is 10.1. The molecule has 0 aliphatic heterocycles. The first-order chi connectivity index (χ1) is 8.63. The van der Waals surface area contributed by atoms with Crippen LogP contribution < -0.4 is 10.5 Å². The number of nitrogens with one attached hydrogen (secondary N) is 1. The number of rotatable bonds is 5. The highest BCUT2D eigenvalue weighted by atomic mass is 79.9. The summed E-state index contributed by atoms with van der Waals surface area (Å²) in [4.78, 5) is 0.240. The van der Waals surface area contributed by atoms with E-state index in [4.69, 9.17) is 5.73 Å². The predicted octanol–water partition coefficient (Wildman–Crippen LogP) is 3.05. The van der Waals surface area contributed by atoms with Crippen LogP contribution in [-0.4, -0.2) is 14.5 Å². The molecule has 0 spiro atoms. The van der Waals surface area contributed by atoms with Crippen molar-refractivity contribution in [3.8, 4) is 0 Å². The van der Waals surface area contributed by atoms with Crippen LogP contribution in [0.2, 0.25) is 0 Å². The van der Waals surface area contributed by atoms with Crippen LogP contribution in [0.15, 0.2) is 21.5 Å². The van der Waals surface area contributed by atoms with Gasteiger partial charge >= 0.3 is 0 Å². The van der Waals surface area contributed by atoms with Gasteiger partial charge in [0.2, 0.25) is 10.0 Å². The summed E-state index contributed by atoms with van der Waals surface area (Å²) in [7, 11) is -3.53. The van der Waals surface area contributed by atoms with Gasteiger partial charge in [0.25, 0.3) is 0 Å². The van der Waals surface area contributed by atoms with Crippen molar-refractivity contribution < 1.29 is 8.42 Å². The lowest BCUT2D eigenvalue weighted by Crippen LogP contribution is -2.34. The van der Waals surface area contributed by atoms with Crippen LogP contribution in [0.5, 0.6) is 0 Å². The predicted molar refractivity (Wildman–Crippen MR) is 82.5 cm³/mol. The van der Waals surface area contributed by atoms with Crippen molar-refractivity contribution in [2.45, 2.75) is 45.1 Å². The second kappa shape index (κ2) is 6.24. The monoisotopic (exact) mass is 348 g/mol. The lowest BCUT2D eigenvalue weighted by Gasteiger charge is -2.17. The maximum absolute atomic E-state index is 12.3. The molecule has 19 heavy (non-hydrogen) atoms. The van der Waals surface area contributed by atoms with Gasteiger partial charge in [-0.1, -0.05) is 13.8 Å². The van der Waals surface area contributed by atoms with Gasteiger partial charge in [-0.25, -0.2) is 13.1 Å². The summed E-state index contributed by atoms with van der Waals surface area (Å²) in [6.45, 7) is 7.75. The van der Waals surface area contributed by atoms with Gasteiger partial charge in [-0.2, -0.15) is 0 Å². The molecule has 6 heteroatoms. The quantitative estimate of drug-likeness (QED) is 0.803. The highest BCUT2D eigenvalue weighted by molar-refractivity contribution is 9.10. The molecule has 0 amide bonds. The van der Waals surface area contributed by atoms with Gasteiger partial charge in [0.05, 0.1) is 4.90 Å². The molecule has 3 N–H and O–H groups in total. The summed E-state index contributed by atoms with van der Waals surface area (Å²) < 4.78 is 28.1. The number of nitrogens with two attached hydrogens (primary N) is 1. The zero-order chi connectivity index (χ0) is 14.8. The van der Waals surface area contributed by atoms with Crippen molar-refractivity contribution in [3.63, 3.8) is 0 Å². The van der Waals surface area contributed by atoms with Gasteiger partial charge in [0.1, 0.15) is 0 Å². The van der Waals surface area contributed by atoms with E-state index in [0.29, 0.717) is 21.6 Å². The Hall–Kier alpha value is -0.590. The fourth-order valence-electron chi connectivity index (χ4n) is 2.04. The molecule has 0 saturated heterocycles. The largest absolute Gasteiger partial charge is 0.398 e. The van der Waals surface area contributed by atoms with Crippen molar-refractivity contribution in [1.29, 1.82) is 0 Å². The SMILES string of the molecule is Cc1cc(Br)c(N)cc1S(=O)(=O)NC(C)CC(C)C. The van der Waals surface area contributed by atoms with Crippen LogP contribution in [0.25, 0.3) is 0 Å². The molecule has 0 aliphatic carbocycles. The average molecular weight is 349 g/mol. The van der Waals surface area contributed by atoms with Crippen LogP contribution >= 0.6 is 15.9 Å². The summed E-state index contributed by atoms with van der Waals surface area (Å²) >= 11 is 3.29. The minimum absolute atomic E-state index is 0.103. The highest BCUT2D eigenvalue weighted by Gasteiger charge is 2.21. The molecule has 108 valence electrons. The molecule has 1 aromatic rings. The normalized spacial score (nSPS) is 13.8. The molecule has 1 rings (SSSR count). The molecule has 1 aromatic carbocycles. The average Bonchev–Trinajstić information content (AvgIpc) is 2.20. The number of benzene rings is 1. The molecule has 1 atom stereocenters. The Labute approximate surface area is 124 Å². The van der Waals surface area contributed by atoms with E-state index in [1.807, 2.05) is 6.92 Å². The summed E-state index contributed by atoms with van der Waals surface area (Å²) in [5.74, 6) is 0.439. The van der Waals surface area contributed by atoms with Crippen molar-refractivity contribution in [2.24, 2.45) is 5.92 Å². The molecule has 0 bridgehead atoms. The van der Waals surface area contributed by atoms with Crippen molar-refractivity contribution in [3.05, 3.63) is 22.2 Å². The minimum atomic E-state index is -3.53. The molecule has 1 unspecified atom stereocenters. The standard InChI is InChI=1S/C13H21BrN2O2S/c1-8(2)5-10(4)16-19(17,18)13-7-12(15)11(14)6-9(13)3/h6-8,10,16H,5,15H2,1-4H3. The first-order valence-corrected chi connectivity index (χ1v) is 8.49. The molecular weight excluding hydrogens is 328 g/mol. The molecular formula is C13H21BrN2O2S. The maximum Gasteiger partial charge on any atom is 0.241 e. The van der Waals surface area contributed by atoms with E-state index in [0.717, 1.165) is 6.42 Å². The van der Waals surface area contributed by atoms with E-state index in [9.17, 15) is 8.42 Å². The Morgan fingerprint density at radius 1 is 1.32 bits per heavy atom. The molecule has 0 saturated carbocycles. The van der Waals surface area contributed by atoms with Gasteiger partial charge < -0.3 is 5.73 Å². The van der Waals surface area contributed by atoms with Crippen LogP contribution in [0.4, 0.5) is 5.69 Å². The summed E-state index contributed by atoms with van der Waals surface area (Å²) in [6.07, 6.45) is 0.796. The smallest absolute Gasteiger partial charge is 0.241 e. The number of hydrogen-bond acceptors (Lipinski definition) is 3. The van der Waals surface area contributed by atoms with Gasteiger partial charge in [0.15, 0.2) is 0 Å². The van der Waals surface area contributed by atoms with E-state index in [2.05, 4.69) is 34.5 Å². The van der Waals surface area contributed by atoms with Crippen LogP contribution in [0, 0.1) is 12.8 Å². The lowest BCUT2D eigenvalue weighted by molar-refractivity contribution is 0.482. The Kier molecular flexibility index (Phi) is 5.41. The van der Waals surface area contributed by atoms with Gasteiger partial charge in [-0.15, -0.1) is 0 Å². The molecule has 0 aromatic heterocycles. The zero-order valence-corrected chi connectivity index (χ0v) is 14.1. The first kappa shape index (κ1) is 16.5. The second-order valence-corrected chi connectivity index (χ2v) is 7.83. The summed E-state index contributed by atoms with van der Waals surface area (Å²) in [5.41, 5.74) is 6.85. The zero-order valence-electron chi connectivity index (χ0n) is 11.7. The molecule has 0 fully saturated rings. The molecule has 0 radical (unpaired) electrons. The third-order valence-electron chi connectivity index (χ3n) is 2.77. The van der Waals surface area contributed by atoms with Gasteiger partial charge in [-0.3, -0.25) is 0 Å². The number of halogens is 1. The van der Waals surface area contributed by atoms with E-state index in [-0.39, 0.29) is 10.9 Å². The number of hydrogen-bond donors (Lipinski definition) is 2.